The van der Waals surface area contributed by atoms with Crippen molar-refractivity contribution in [3.8, 4) is 0 Å². The van der Waals surface area contributed by atoms with E-state index in [1.165, 1.54) is 6.42 Å². The van der Waals surface area contributed by atoms with Crippen LogP contribution in [0.5, 0.6) is 0 Å². The molecule has 0 aliphatic carbocycles. The molecule has 1 saturated heterocycles. The summed E-state index contributed by atoms with van der Waals surface area (Å²) < 4.78 is 3.71. The molecule has 0 radical (unpaired) electrons. The van der Waals surface area contributed by atoms with Crippen LogP contribution in [0.4, 0.5) is 5.82 Å². The first-order valence-corrected chi connectivity index (χ1v) is 10.3. The van der Waals surface area contributed by atoms with Crippen LogP contribution >= 0.6 is 0 Å². The van der Waals surface area contributed by atoms with Gasteiger partial charge in [-0.3, -0.25) is 9.48 Å². The maximum atomic E-state index is 12.8. The molecule has 154 valence electrons. The van der Waals surface area contributed by atoms with Crippen molar-refractivity contribution in [2.75, 3.05) is 11.9 Å². The van der Waals surface area contributed by atoms with E-state index in [1.807, 2.05) is 49.0 Å². The van der Waals surface area contributed by atoms with Crippen LogP contribution in [0.1, 0.15) is 47.6 Å². The third-order valence-electron chi connectivity index (χ3n) is 6.06. The molecule has 4 heterocycles. The summed E-state index contributed by atoms with van der Waals surface area (Å²) in [5.74, 6) is 0.989. The number of rotatable bonds is 4. The first-order valence-electron chi connectivity index (χ1n) is 10.3. The number of benzene rings is 1. The van der Waals surface area contributed by atoms with Crippen molar-refractivity contribution in [3.63, 3.8) is 0 Å². The van der Waals surface area contributed by atoms with Gasteiger partial charge in [-0.2, -0.15) is 5.10 Å². The number of aromatic nitrogens is 5. The van der Waals surface area contributed by atoms with E-state index in [0.29, 0.717) is 17.3 Å². The third kappa shape index (κ3) is 3.23. The highest BCUT2D eigenvalue weighted by molar-refractivity contribution is 6.05. The predicted molar refractivity (Wildman–Crippen MR) is 116 cm³/mol. The van der Waals surface area contributed by atoms with Crippen LogP contribution in [0.2, 0.25) is 0 Å². The lowest BCUT2D eigenvalue weighted by molar-refractivity contribution is 0.102. The minimum atomic E-state index is -0.203. The number of carbonyl (C=O) groups is 1. The summed E-state index contributed by atoms with van der Waals surface area (Å²) >= 11 is 0. The van der Waals surface area contributed by atoms with E-state index in [-0.39, 0.29) is 11.9 Å². The van der Waals surface area contributed by atoms with Gasteiger partial charge in [-0.25, -0.2) is 9.97 Å². The van der Waals surface area contributed by atoms with Gasteiger partial charge in [0.2, 0.25) is 0 Å². The Morgan fingerprint density at radius 2 is 2.20 bits per heavy atom. The molecule has 4 aromatic rings. The average Bonchev–Trinajstić information content (AvgIpc) is 3.45. The Bertz CT molecular complexity index is 1260. The fraction of sp³-hybridized carbons (Fsp3) is 0.364. The maximum absolute atomic E-state index is 12.8. The molecule has 0 saturated carbocycles. The summed E-state index contributed by atoms with van der Waals surface area (Å²) in [5.41, 5.74) is 4.24. The second kappa shape index (κ2) is 7.21. The van der Waals surface area contributed by atoms with Gasteiger partial charge in [-0.1, -0.05) is 19.4 Å². The highest BCUT2D eigenvalue weighted by Crippen LogP contribution is 2.28. The Balaban J connectivity index is 1.37. The second-order valence-electron chi connectivity index (χ2n) is 8.07. The summed E-state index contributed by atoms with van der Waals surface area (Å²) in [4.78, 5) is 21.9. The molecule has 1 fully saturated rings. The van der Waals surface area contributed by atoms with Gasteiger partial charge in [0.25, 0.3) is 5.91 Å². The molecule has 2 N–H and O–H groups in total. The fourth-order valence-electron chi connectivity index (χ4n) is 4.26. The molecular weight excluding hydrogens is 378 g/mol. The number of amides is 1. The monoisotopic (exact) mass is 403 g/mol. The smallest absolute Gasteiger partial charge is 0.256 e. The number of anilines is 1. The number of hydrogen-bond acceptors (Lipinski definition) is 5. The van der Waals surface area contributed by atoms with Gasteiger partial charge in [0.15, 0.2) is 5.65 Å². The first kappa shape index (κ1) is 18.7. The second-order valence-corrected chi connectivity index (χ2v) is 8.07. The van der Waals surface area contributed by atoms with Crippen LogP contribution in [-0.2, 0) is 7.05 Å². The van der Waals surface area contributed by atoms with Crippen LogP contribution in [0.3, 0.4) is 0 Å². The van der Waals surface area contributed by atoms with Crippen molar-refractivity contribution < 1.29 is 4.79 Å². The summed E-state index contributed by atoms with van der Waals surface area (Å²) in [7, 11) is 1.88. The van der Waals surface area contributed by atoms with Crippen LogP contribution in [0.15, 0.2) is 36.8 Å². The van der Waals surface area contributed by atoms with Crippen molar-refractivity contribution in [2.24, 2.45) is 13.0 Å². The molecule has 2 atom stereocenters. The lowest BCUT2D eigenvalue weighted by atomic mass is 10.0. The van der Waals surface area contributed by atoms with Crippen LogP contribution in [0, 0.1) is 12.8 Å². The molecule has 1 aliphatic heterocycles. The average molecular weight is 403 g/mol. The molecule has 1 aromatic carbocycles. The number of aryl methyl sites for hydroxylation is 2. The van der Waals surface area contributed by atoms with Gasteiger partial charge in [0.05, 0.1) is 35.3 Å². The lowest BCUT2D eigenvalue weighted by Crippen LogP contribution is -2.13. The molecule has 1 aliphatic rings. The fourth-order valence-corrected chi connectivity index (χ4v) is 4.26. The summed E-state index contributed by atoms with van der Waals surface area (Å²) in [6.07, 6.45) is 7.81. The third-order valence-corrected chi connectivity index (χ3v) is 6.06. The topological polar surface area (TPSA) is 89.1 Å². The van der Waals surface area contributed by atoms with Gasteiger partial charge in [0, 0.05) is 24.2 Å². The Hall–Kier alpha value is -3.26. The van der Waals surface area contributed by atoms with Crippen molar-refractivity contribution in [1.29, 1.82) is 0 Å². The molecule has 2 unspecified atom stereocenters. The number of fused-ring (bicyclic) bond motifs is 2. The Kier molecular flexibility index (Phi) is 4.51. The van der Waals surface area contributed by atoms with Gasteiger partial charge in [0.1, 0.15) is 5.82 Å². The highest BCUT2D eigenvalue weighted by atomic mass is 16.1. The molecule has 30 heavy (non-hydrogen) atoms. The van der Waals surface area contributed by atoms with Crippen molar-refractivity contribution >= 4 is 28.3 Å². The number of imidazole rings is 1. The molecule has 0 bridgehead atoms. The van der Waals surface area contributed by atoms with E-state index in [1.54, 1.807) is 10.9 Å². The number of nitrogens with one attached hydrogen (secondary N) is 2. The largest absolute Gasteiger partial charge is 0.308 e. The zero-order valence-corrected chi connectivity index (χ0v) is 17.4. The molecule has 1 amide bonds. The Morgan fingerprint density at radius 3 is 3.00 bits per heavy atom. The van der Waals surface area contributed by atoms with Crippen molar-refractivity contribution in [3.05, 3.63) is 53.7 Å². The van der Waals surface area contributed by atoms with Gasteiger partial charge >= 0.3 is 0 Å². The van der Waals surface area contributed by atoms with Crippen LogP contribution < -0.4 is 10.6 Å². The van der Waals surface area contributed by atoms with Crippen molar-refractivity contribution in [1.82, 2.24) is 29.5 Å². The quantitative estimate of drug-likeness (QED) is 0.546. The number of hydrogen-bond donors (Lipinski definition) is 2. The van der Waals surface area contributed by atoms with E-state index in [9.17, 15) is 4.79 Å². The van der Waals surface area contributed by atoms with Crippen LogP contribution in [0.25, 0.3) is 16.6 Å². The zero-order chi connectivity index (χ0) is 20.8. The SMILES string of the molecule is CCC1CNC(c2cn3cc(NC(=O)c4ccc5c(C)nn(C)c5c4)ncc3n2)C1. The summed E-state index contributed by atoms with van der Waals surface area (Å²) in [5, 5.41) is 11.9. The molecular formula is C22H25N7O. The van der Waals surface area contributed by atoms with E-state index < -0.39 is 0 Å². The van der Waals surface area contributed by atoms with Crippen LogP contribution in [-0.4, -0.2) is 36.6 Å². The van der Waals surface area contributed by atoms with E-state index in [0.717, 1.165) is 40.9 Å². The lowest BCUT2D eigenvalue weighted by Gasteiger charge is -2.06. The first-order chi connectivity index (χ1) is 14.5. The van der Waals surface area contributed by atoms with E-state index in [4.69, 9.17) is 4.98 Å². The maximum Gasteiger partial charge on any atom is 0.256 e. The van der Waals surface area contributed by atoms with E-state index in [2.05, 4.69) is 27.6 Å². The normalized spacial score (nSPS) is 19.0. The minimum absolute atomic E-state index is 0.203. The standard InChI is InChI=1S/C22H25N7O/c1-4-14-7-17(23-9-14)18-11-29-12-20(24-10-21(29)25-18)26-22(30)15-5-6-16-13(2)27-28(3)19(16)8-15/h5-6,8,10-12,14,17,23H,4,7,9H2,1-3H3,(H,26,30). The van der Waals surface area contributed by atoms with E-state index >= 15 is 0 Å². The molecule has 5 rings (SSSR count). The molecule has 8 nitrogen and oxygen atoms in total. The summed E-state index contributed by atoms with van der Waals surface area (Å²) in [6.45, 7) is 5.23. The van der Waals surface area contributed by atoms with Gasteiger partial charge in [-0.15, -0.1) is 0 Å². The number of carbonyl (C=O) groups excluding carboxylic acids is 1. The van der Waals surface area contributed by atoms with Gasteiger partial charge < -0.3 is 15.0 Å². The predicted octanol–water partition coefficient (Wildman–Crippen LogP) is 3.24. The Morgan fingerprint density at radius 1 is 1.33 bits per heavy atom. The number of nitrogens with zero attached hydrogens (tertiary/aromatic N) is 5. The molecule has 0 spiro atoms. The molecule has 8 heteroatoms. The Labute approximate surface area is 174 Å². The zero-order valence-electron chi connectivity index (χ0n) is 17.4. The minimum Gasteiger partial charge on any atom is -0.308 e. The molecule has 3 aromatic heterocycles. The highest BCUT2D eigenvalue weighted by Gasteiger charge is 2.26. The van der Waals surface area contributed by atoms with Gasteiger partial charge in [-0.05, 0) is 37.9 Å². The van der Waals surface area contributed by atoms with Crippen molar-refractivity contribution in [2.45, 2.75) is 32.7 Å². The summed E-state index contributed by atoms with van der Waals surface area (Å²) in [6, 6.07) is 5.88.